The fourth-order valence-electron chi connectivity index (χ4n) is 2.63. The van der Waals surface area contributed by atoms with E-state index in [1.807, 2.05) is 6.92 Å². The number of likely N-dealkylation sites (N-methyl/N-ethyl adjacent to an activating group) is 3. The Morgan fingerprint density at radius 1 is 1.35 bits per heavy atom. The van der Waals surface area contributed by atoms with E-state index in [1.54, 1.807) is 6.92 Å². The van der Waals surface area contributed by atoms with Crippen molar-refractivity contribution in [2.45, 2.75) is 52.1 Å². The Morgan fingerprint density at radius 3 is 2.35 bits per heavy atom. The van der Waals surface area contributed by atoms with Gasteiger partial charge in [-0.1, -0.05) is 13.8 Å². The molecule has 0 aliphatic heterocycles. The average Bonchev–Trinajstić information content (AvgIpc) is 2.33. The van der Waals surface area contributed by atoms with Gasteiger partial charge in [0.15, 0.2) is 0 Å². The highest BCUT2D eigenvalue weighted by molar-refractivity contribution is 5.78. The van der Waals surface area contributed by atoms with Gasteiger partial charge in [-0.2, -0.15) is 0 Å². The molecule has 0 radical (unpaired) electrons. The summed E-state index contributed by atoms with van der Waals surface area (Å²) < 4.78 is 0. The van der Waals surface area contributed by atoms with E-state index in [1.165, 1.54) is 0 Å². The lowest BCUT2D eigenvalue weighted by Gasteiger charge is -2.31. The molecule has 0 amide bonds. The molecule has 0 fully saturated rings. The largest absolute Gasteiger partial charge is 0.480 e. The van der Waals surface area contributed by atoms with Crippen molar-refractivity contribution >= 4 is 5.97 Å². The van der Waals surface area contributed by atoms with E-state index in [2.05, 4.69) is 43.1 Å². The Labute approximate surface area is 124 Å². The van der Waals surface area contributed by atoms with Crippen LogP contribution in [0.4, 0.5) is 0 Å². The van der Waals surface area contributed by atoms with Crippen LogP contribution in [-0.4, -0.2) is 72.7 Å². The first-order chi connectivity index (χ1) is 9.26. The van der Waals surface area contributed by atoms with E-state index in [0.717, 1.165) is 26.1 Å². The molecule has 0 rings (SSSR count). The van der Waals surface area contributed by atoms with Gasteiger partial charge in [-0.05, 0) is 60.4 Å². The molecule has 0 saturated carbocycles. The van der Waals surface area contributed by atoms with Crippen molar-refractivity contribution in [3.63, 3.8) is 0 Å². The van der Waals surface area contributed by atoms with Crippen molar-refractivity contribution in [3.05, 3.63) is 0 Å². The molecule has 0 heterocycles. The Morgan fingerprint density at radius 2 is 1.95 bits per heavy atom. The number of hydrogen-bond donors (Lipinski definition) is 2. The third kappa shape index (κ3) is 6.68. The molecule has 0 spiro atoms. The van der Waals surface area contributed by atoms with Gasteiger partial charge in [0.05, 0.1) is 0 Å². The number of rotatable bonds is 11. The summed E-state index contributed by atoms with van der Waals surface area (Å²) in [5.74, 6) is -0.760. The van der Waals surface area contributed by atoms with Gasteiger partial charge in [0.25, 0.3) is 0 Å². The van der Waals surface area contributed by atoms with Crippen LogP contribution in [0, 0.1) is 0 Å². The van der Waals surface area contributed by atoms with Gasteiger partial charge in [-0.3, -0.25) is 9.69 Å². The number of nitrogens with zero attached hydrogens (tertiary/aromatic N) is 2. The van der Waals surface area contributed by atoms with Gasteiger partial charge in [0.1, 0.15) is 5.54 Å². The minimum Gasteiger partial charge on any atom is -0.480 e. The van der Waals surface area contributed by atoms with Gasteiger partial charge >= 0.3 is 5.97 Å². The molecule has 0 bridgehead atoms. The lowest BCUT2D eigenvalue weighted by atomic mass is 9.95. The lowest BCUT2D eigenvalue weighted by Crippen LogP contribution is -2.50. The summed E-state index contributed by atoms with van der Waals surface area (Å²) in [5, 5.41) is 12.4. The van der Waals surface area contributed by atoms with Crippen LogP contribution in [0.15, 0.2) is 0 Å². The van der Waals surface area contributed by atoms with Crippen LogP contribution in [0.5, 0.6) is 0 Å². The maximum Gasteiger partial charge on any atom is 0.323 e. The highest BCUT2D eigenvalue weighted by Crippen LogP contribution is 2.14. The van der Waals surface area contributed by atoms with Crippen LogP contribution >= 0.6 is 0 Å². The number of aliphatic carboxylic acids is 1. The summed E-state index contributed by atoms with van der Waals surface area (Å²) in [6, 6.07) is 0.491. The van der Waals surface area contributed by atoms with Crippen LogP contribution in [-0.2, 0) is 4.79 Å². The van der Waals surface area contributed by atoms with E-state index in [-0.39, 0.29) is 0 Å². The smallest absolute Gasteiger partial charge is 0.323 e. The van der Waals surface area contributed by atoms with E-state index < -0.39 is 11.5 Å². The molecular weight excluding hydrogens is 254 g/mol. The standard InChI is InChI=1S/C15H33N3O2/c1-7-16-15(4,14(19)20)10-9-11-18(8-2)13(3)12-17(5)6/h13,16H,7-12H2,1-6H3,(H,19,20). The summed E-state index contributed by atoms with van der Waals surface area (Å²) in [4.78, 5) is 16.0. The van der Waals surface area contributed by atoms with Crippen LogP contribution in [0.25, 0.3) is 0 Å². The molecule has 0 aromatic rings. The van der Waals surface area contributed by atoms with Gasteiger partial charge in [0.2, 0.25) is 0 Å². The molecule has 2 unspecified atom stereocenters. The third-order valence-corrected chi connectivity index (χ3v) is 3.82. The minimum absolute atomic E-state index is 0.491. The average molecular weight is 287 g/mol. The maximum absolute atomic E-state index is 11.4. The zero-order valence-electron chi connectivity index (χ0n) is 14.1. The van der Waals surface area contributed by atoms with Crippen molar-refractivity contribution in [1.29, 1.82) is 0 Å². The van der Waals surface area contributed by atoms with Crippen molar-refractivity contribution in [3.8, 4) is 0 Å². The normalized spacial score (nSPS) is 16.4. The molecule has 0 aromatic heterocycles. The zero-order valence-corrected chi connectivity index (χ0v) is 14.1. The molecule has 20 heavy (non-hydrogen) atoms. The minimum atomic E-state index is -0.807. The molecule has 0 aliphatic rings. The van der Waals surface area contributed by atoms with E-state index >= 15 is 0 Å². The molecule has 2 N–H and O–H groups in total. The first-order valence-electron chi connectivity index (χ1n) is 7.64. The topological polar surface area (TPSA) is 55.8 Å². The van der Waals surface area contributed by atoms with Gasteiger partial charge in [0, 0.05) is 12.6 Å². The molecule has 5 nitrogen and oxygen atoms in total. The quantitative estimate of drug-likeness (QED) is 0.603. The van der Waals surface area contributed by atoms with Crippen LogP contribution < -0.4 is 5.32 Å². The summed E-state index contributed by atoms with van der Waals surface area (Å²) in [5.41, 5.74) is -0.807. The first kappa shape index (κ1) is 19.4. The Kier molecular flexibility index (Phi) is 9.01. The highest BCUT2D eigenvalue weighted by Gasteiger charge is 2.31. The Balaban J connectivity index is 4.33. The van der Waals surface area contributed by atoms with Crippen LogP contribution in [0.3, 0.4) is 0 Å². The molecule has 0 saturated heterocycles. The summed E-state index contributed by atoms with van der Waals surface area (Å²) in [7, 11) is 4.16. The summed E-state index contributed by atoms with van der Waals surface area (Å²) >= 11 is 0. The second kappa shape index (κ2) is 9.32. The monoisotopic (exact) mass is 287 g/mol. The van der Waals surface area contributed by atoms with Crippen molar-refractivity contribution in [2.75, 3.05) is 40.3 Å². The SMILES string of the molecule is CCNC(C)(CCCN(CC)C(C)CN(C)C)C(=O)O. The fraction of sp³-hybridized carbons (Fsp3) is 0.933. The van der Waals surface area contributed by atoms with Crippen molar-refractivity contribution < 1.29 is 9.90 Å². The second-order valence-corrected chi connectivity index (χ2v) is 6.01. The van der Waals surface area contributed by atoms with Gasteiger partial charge in [-0.15, -0.1) is 0 Å². The van der Waals surface area contributed by atoms with Gasteiger partial charge < -0.3 is 15.3 Å². The zero-order chi connectivity index (χ0) is 15.8. The number of carboxylic acids is 1. The van der Waals surface area contributed by atoms with E-state index in [9.17, 15) is 9.90 Å². The van der Waals surface area contributed by atoms with E-state index in [0.29, 0.717) is 19.0 Å². The predicted octanol–water partition coefficient (Wildman–Crippen LogP) is 1.49. The Hall–Kier alpha value is -0.650. The molecule has 0 aromatic carbocycles. The molecule has 0 aliphatic carbocycles. The number of carbonyl (C=O) groups is 1. The first-order valence-corrected chi connectivity index (χ1v) is 7.64. The van der Waals surface area contributed by atoms with E-state index in [4.69, 9.17) is 0 Å². The predicted molar refractivity (Wildman–Crippen MR) is 84.2 cm³/mol. The number of nitrogens with one attached hydrogen (secondary N) is 1. The number of hydrogen-bond acceptors (Lipinski definition) is 4. The summed E-state index contributed by atoms with van der Waals surface area (Å²) in [6.45, 7) is 11.8. The lowest BCUT2D eigenvalue weighted by molar-refractivity contribution is -0.144. The molecule has 2 atom stereocenters. The van der Waals surface area contributed by atoms with Crippen molar-refractivity contribution in [1.82, 2.24) is 15.1 Å². The molecular formula is C15H33N3O2. The highest BCUT2D eigenvalue weighted by atomic mass is 16.4. The third-order valence-electron chi connectivity index (χ3n) is 3.82. The number of carboxylic acid groups (broad SMARTS) is 1. The van der Waals surface area contributed by atoms with Crippen LogP contribution in [0.1, 0.15) is 40.5 Å². The van der Waals surface area contributed by atoms with Gasteiger partial charge in [-0.25, -0.2) is 0 Å². The maximum atomic E-state index is 11.4. The van der Waals surface area contributed by atoms with Crippen LogP contribution in [0.2, 0.25) is 0 Å². The van der Waals surface area contributed by atoms with Crippen molar-refractivity contribution in [2.24, 2.45) is 0 Å². The summed E-state index contributed by atoms with van der Waals surface area (Å²) in [6.07, 6.45) is 1.54. The fourth-order valence-corrected chi connectivity index (χ4v) is 2.63. The second-order valence-electron chi connectivity index (χ2n) is 6.01. The molecule has 5 heteroatoms. The Bertz CT molecular complexity index is 284. The molecule has 120 valence electrons.